The first-order valence-electron chi connectivity index (χ1n) is 7.77. The van der Waals surface area contributed by atoms with Crippen molar-refractivity contribution in [2.45, 2.75) is 45.6 Å². The Morgan fingerprint density at radius 1 is 1.42 bits per heavy atom. The minimum Gasteiger partial charge on any atom is -0.314 e. The van der Waals surface area contributed by atoms with Crippen molar-refractivity contribution in [2.24, 2.45) is 5.92 Å². The van der Waals surface area contributed by atoms with Crippen LogP contribution in [0.3, 0.4) is 0 Å². The highest BCUT2D eigenvalue weighted by molar-refractivity contribution is 7.09. The van der Waals surface area contributed by atoms with Crippen LogP contribution < -0.4 is 5.32 Å². The van der Waals surface area contributed by atoms with E-state index in [-0.39, 0.29) is 0 Å². The zero-order valence-corrected chi connectivity index (χ0v) is 13.2. The van der Waals surface area contributed by atoms with Crippen molar-refractivity contribution in [1.82, 2.24) is 10.2 Å². The van der Waals surface area contributed by atoms with Crippen LogP contribution in [-0.2, 0) is 6.42 Å². The van der Waals surface area contributed by atoms with Crippen molar-refractivity contribution in [2.75, 3.05) is 26.2 Å². The van der Waals surface area contributed by atoms with Crippen LogP contribution in [0.15, 0.2) is 17.5 Å². The summed E-state index contributed by atoms with van der Waals surface area (Å²) in [6.07, 6.45) is 5.20. The second-order valence-electron chi connectivity index (χ2n) is 5.75. The molecule has 0 amide bonds. The smallest absolute Gasteiger partial charge is 0.00680 e. The van der Waals surface area contributed by atoms with Gasteiger partial charge in [0.2, 0.25) is 0 Å². The lowest BCUT2D eigenvalue weighted by Crippen LogP contribution is -2.42. The fraction of sp³-hybridized carbons (Fsp3) is 0.750. The van der Waals surface area contributed by atoms with Crippen molar-refractivity contribution < 1.29 is 0 Å². The van der Waals surface area contributed by atoms with Crippen LogP contribution in [0.25, 0.3) is 0 Å². The van der Waals surface area contributed by atoms with Gasteiger partial charge in [0.25, 0.3) is 0 Å². The van der Waals surface area contributed by atoms with Gasteiger partial charge in [-0.2, -0.15) is 0 Å². The van der Waals surface area contributed by atoms with Gasteiger partial charge in [-0.25, -0.2) is 0 Å². The predicted molar refractivity (Wildman–Crippen MR) is 84.9 cm³/mol. The molecule has 0 aromatic carbocycles. The molecule has 0 spiro atoms. The molecule has 1 atom stereocenters. The second-order valence-corrected chi connectivity index (χ2v) is 6.78. The molecule has 1 N–H and O–H groups in total. The fourth-order valence-electron chi connectivity index (χ4n) is 3.04. The summed E-state index contributed by atoms with van der Waals surface area (Å²) in [7, 11) is 0. The molecule has 108 valence electrons. The summed E-state index contributed by atoms with van der Waals surface area (Å²) in [6.45, 7) is 9.66. The first-order chi connectivity index (χ1) is 9.29. The molecular formula is C16H28N2S. The van der Waals surface area contributed by atoms with Crippen LogP contribution in [0.5, 0.6) is 0 Å². The van der Waals surface area contributed by atoms with Gasteiger partial charge in [0.05, 0.1) is 0 Å². The van der Waals surface area contributed by atoms with E-state index in [0.717, 1.165) is 12.5 Å². The highest BCUT2D eigenvalue weighted by Crippen LogP contribution is 2.20. The first-order valence-corrected chi connectivity index (χ1v) is 8.65. The Morgan fingerprint density at radius 3 is 2.84 bits per heavy atom. The van der Waals surface area contributed by atoms with Gasteiger partial charge in [-0.1, -0.05) is 13.0 Å². The molecule has 0 aliphatic carbocycles. The SMILES string of the molecule is CCCN1CCC(C(C)NCCc2cccs2)CC1. The topological polar surface area (TPSA) is 15.3 Å². The fourth-order valence-corrected chi connectivity index (χ4v) is 3.75. The zero-order valence-electron chi connectivity index (χ0n) is 12.4. The molecule has 1 unspecified atom stereocenters. The zero-order chi connectivity index (χ0) is 13.5. The Hall–Kier alpha value is -0.380. The van der Waals surface area contributed by atoms with E-state index >= 15 is 0 Å². The molecule has 2 heterocycles. The molecule has 1 aliphatic heterocycles. The van der Waals surface area contributed by atoms with E-state index in [1.165, 1.54) is 50.2 Å². The average Bonchev–Trinajstić information content (AvgIpc) is 2.93. The third-order valence-corrected chi connectivity index (χ3v) is 5.23. The number of nitrogens with zero attached hydrogens (tertiary/aromatic N) is 1. The van der Waals surface area contributed by atoms with Crippen LogP contribution in [0, 0.1) is 5.92 Å². The quantitative estimate of drug-likeness (QED) is 0.823. The van der Waals surface area contributed by atoms with Crippen LogP contribution >= 0.6 is 11.3 Å². The molecule has 1 fully saturated rings. The van der Waals surface area contributed by atoms with Gasteiger partial charge in [0, 0.05) is 17.5 Å². The van der Waals surface area contributed by atoms with E-state index in [1.807, 2.05) is 11.3 Å². The average molecular weight is 280 g/mol. The van der Waals surface area contributed by atoms with Gasteiger partial charge in [-0.15, -0.1) is 11.3 Å². The maximum Gasteiger partial charge on any atom is 0.00680 e. The molecule has 0 saturated carbocycles. The van der Waals surface area contributed by atoms with Gasteiger partial charge in [0.1, 0.15) is 0 Å². The van der Waals surface area contributed by atoms with E-state index in [9.17, 15) is 0 Å². The molecule has 0 bridgehead atoms. The standard InChI is InChI=1S/C16H28N2S/c1-3-10-18-11-7-15(8-12-18)14(2)17-9-6-16-5-4-13-19-16/h4-5,13-15,17H,3,6-12H2,1-2H3. The number of hydrogen-bond acceptors (Lipinski definition) is 3. The van der Waals surface area contributed by atoms with E-state index in [2.05, 4.69) is 41.6 Å². The summed E-state index contributed by atoms with van der Waals surface area (Å²) < 4.78 is 0. The number of nitrogens with one attached hydrogen (secondary N) is 1. The summed E-state index contributed by atoms with van der Waals surface area (Å²) in [5, 5.41) is 5.89. The summed E-state index contributed by atoms with van der Waals surface area (Å²) in [4.78, 5) is 4.12. The lowest BCUT2D eigenvalue weighted by molar-refractivity contribution is 0.163. The van der Waals surface area contributed by atoms with E-state index in [4.69, 9.17) is 0 Å². The van der Waals surface area contributed by atoms with Gasteiger partial charge in [-0.05, 0) is 69.6 Å². The summed E-state index contributed by atoms with van der Waals surface area (Å²) in [5.74, 6) is 0.872. The number of thiophene rings is 1. The minimum atomic E-state index is 0.670. The molecular weight excluding hydrogens is 252 g/mol. The number of hydrogen-bond donors (Lipinski definition) is 1. The Morgan fingerprint density at radius 2 is 2.21 bits per heavy atom. The Kier molecular flexibility index (Phi) is 6.35. The molecule has 1 saturated heterocycles. The molecule has 0 radical (unpaired) electrons. The van der Waals surface area contributed by atoms with Crippen molar-refractivity contribution >= 4 is 11.3 Å². The first kappa shape index (κ1) is 15.0. The lowest BCUT2D eigenvalue weighted by atomic mass is 9.90. The Balaban J connectivity index is 1.62. The van der Waals surface area contributed by atoms with Crippen molar-refractivity contribution in [3.63, 3.8) is 0 Å². The Bertz CT molecular complexity index is 329. The maximum atomic E-state index is 3.73. The van der Waals surface area contributed by atoms with E-state index in [0.29, 0.717) is 6.04 Å². The maximum absolute atomic E-state index is 3.73. The van der Waals surface area contributed by atoms with E-state index in [1.54, 1.807) is 0 Å². The molecule has 2 nitrogen and oxygen atoms in total. The normalized spacial score (nSPS) is 19.7. The number of piperidine rings is 1. The monoisotopic (exact) mass is 280 g/mol. The molecule has 1 aromatic rings. The largest absolute Gasteiger partial charge is 0.314 e. The van der Waals surface area contributed by atoms with E-state index < -0.39 is 0 Å². The summed E-state index contributed by atoms with van der Waals surface area (Å²) >= 11 is 1.87. The number of rotatable bonds is 7. The van der Waals surface area contributed by atoms with Crippen LogP contribution in [0.1, 0.15) is 38.0 Å². The Labute approximate surface area is 122 Å². The lowest BCUT2D eigenvalue weighted by Gasteiger charge is -2.35. The summed E-state index contributed by atoms with van der Waals surface area (Å²) in [5.41, 5.74) is 0. The van der Waals surface area contributed by atoms with Crippen molar-refractivity contribution in [1.29, 1.82) is 0 Å². The highest BCUT2D eigenvalue weighted by Gasteiger charge is 2.22. The molecule has 2 rings (SSSR count). The van der Waals surface area contributed by atoms with Crippen LogP contribution in [-0.4, -0.2) is 37.1 Å². The number of likely N-dealkylation sites (tertiary alicyclic amines) is 1. The van der Waals surface area contributed by atoms with Crippen molar-refractivity contribution in [3.8, 4) is 0 Å². The third kappa shape index (κ3) is 4.90. The molecule has 3 heteroatoms. The van der Waals surface area contributed by atoms with Crippen LogP contribution in [0.2, 0.25) is 0 Å². The van der Waals surface area contributed by atoms with Gasteiger partial charge in [-0.3, -0.25) is 0 Å². The molecule has 1 aromatic heterocycles. The highest BCUT2D eigenvalue weighted by atomic mass is 32.1. The predicted octanol–water partition coefficient (Wildman–Crippen LogP) is 3.39. The van der Waals surface area contributed by atoms with Gasteiger partial charge >= 0.3 is 0 Å². The second kappa shape index (κ2) is 8.03. The summed E-state index contributed by atoms with van der Waals surface area (Å²) in [6, 6.07) is 5.05. The molecule has 19 heavy (non-hydrogen) atoms. The minimum absolute atomic E-state index is 0.670. The van der Waals surface area contributed by atoms with Crippen LogP contribution in [0.4, 0.5) is 0 Å². The van der Waals surface area contributed by atoms with Crippen molar-refractivity contribution in [3.05, 3.63) is 22.4 Å². The molecule has 1 aliphatic rings. The third-order valence-electron chi connectivity index (χ3n) is 4.30. The van der Waals surface area contributed by atoms with Gasteiger partial charge in [0.15, 0.2) is 0 Å². The van der Waals surface area contributed by atoms with Gasteiger partial charge < -0.3 is 10.2 Å².